The lowest BCUT2D eigenvalue weighted by molar-refractivity contribution is -0.122. The van der Waals surface area contributed by atoms with Crippen LogP contribution in [0.3, 0.4) is 0 Å². The number of amides is 1. The molecule has 134 valence electrons. The summed E-state index contributed by atoms with van der Waals surface area (Å²) in [6.07, 6.45) is 0.240. The molecule has 6 nitrogen and oxygen atoms in total. The van der Waals surface area contributed by atoms with Gasteiger partial charge in [-0.25, -0.2) is 0 Å². The third-order valence-electron chi connectivity index (χ3n) is 3.77. The highest BCUT2D eigenvalue weighted by Crippen LogP contribution is 2.21. The number of halogens is 1. The van der Waals surface area contributed by atoms with Crippen LogP contribution in [0.4, 0.5) is 5.95 Å². The van der Waals surface area contributed by atoms with Gasteiger partial charge >= 0.3 is 0 Å². The van der Waals surface area contributed by atoms with Crippen molar-refractivity contribution in [2.45, 2.75) is 26.4 Å². The zero-order valence-electron chi connectivity index (χ0n) is 14.4. The maximum Gasteiger partial charge on any atom is 0.270 e. The molecule has 3 rings (SSSR count). The molecular formula is C19H18ClN3O3. The molecule has 1 heterocycles. The Bertz CT molecular complexity index is 876. The Balaban J connectivity index is 1.61. The number of benzene rings is 2. The van der Waals surface area contributed by atoms with E-state index in [0.29, 0.717) is 22.2 Å². The number of nitrogens with zero attached hydrogens (tertiary/aromatic N) is 2. The molecule has 0 saturated carbocycles. The van der Waals surface area contributed by atoms with Crippen molar-refractivity contribution in [3.8, 4) is 17.2 Å². The predicted molar refractivity (Wildman–Crippen MR) is 99.3 cm³/mol. The standard InChI is InChI=1S/C19H18ClN3O3/c1-3-13-4-10-16(11-5-13)25-12(2)17(24)21-19-22-18(26-23-19)14-6-8-15(20)9-7-14/h4-12H,3H2,1-2H3,(H,21,23,24). The van der Waals surface area contributed by atoms with Crippen molar-refractivity contribution in [1.82, 2.24) is 10.1 Å². The zero-order chi connectivity index (χ0) is 18.5. The van der Waals surface area contributed by atoms with E-state index in [1.165, 1.54) is 5.56 Å². The van der Waals surface area contributed by atoms with Gasteiger partial charge in [-0.3, -0.25) is 10.1 Å². The van der Waals surface area contributed by atoms with Crippen molar-refractivity contribution in [1.29, 1.82) is 0 Å². The van der Waals surface area contributed by atoms with Crippen LogP contribution in [0.1, 0.15) is 19.4 Å². The highest BCUT2D eigenvalue weighted by atomic mass is 35.5. The van der Waals surface area contributed by atoms with Crippen molar-refractivity contribution < 1.29 is 14.1 Å². The Labute approximate surface area is 156 Å². The van der Waals surface area contributed by atoms with Crippen LogP contribution in [0.5, 0.6) is 5.75 Å². The van der Waals surface area contributed by atoms with Crippen LogP contribution in [-0.4, -0.2) is 22.2 Å². The minimum absolute atomic E-state index is 0.0803. The van der Waals surface area contributed by atoms with Gasteiger partial charge in [0.05, 0.1) is 0 Å². The SMILES string of the molecule is CCc1ccc(OC(C)C(=O)Nc2noc(-c3ccc(Cl)cc3)n2)cc1. The topological polar surface area (TPSA) is 77.2 Å². The summed E-state index contributed by atoms with van der Waals surface area (Å²) in [5.41, 5.74) is 1.92. The molecule has 0 aliphatic rings. The first-order chi connectivity index (χ1) is 12.5. The summed E-state index contributed by atoms with van der Waals surface area (Å²) in [6.45, 7) is 3.73. The molecule has 3 aromatic rings. The number of anilines is 1. The predicted octanol–water partition coefficient (Wildman–Crippen LogP) is 4.36. The molecule has 1 aromatic heterocycles. The van der Waals surface area contributed by atoms with Crippen LogP contribution in [0.2, 0.25) is 5.02 Å². The van der Waals surface area contributed by atoms with Gasteiger partial charge in [-0.2, -0.15) is 4.98 Å². The van der Waals surface area contributed by atoms with Gasteiger partial charge < -0.3 is 9.26 Å². The summed E-state index contributed by atoms with van der Waals surface area (Å²) in [5.74, 6) is 0.630. The number of carbonyl (C=O) groups is 1. The molecule has 7 heteroatoms. The minimum atomic E-state index is -0.708. The lowest BCUT2D eigenvalue weighted by Crippen LogP contribution is -2.30. The highest BCUT2D eigenvalue weighted by molar-refractivity contribution is 6.30. The van der Waals surface area contributed by atoms with Gasteiger partial charge in [-0.05, 0) is 60.5 Å². The molecule has 26 heavy (non-hydrogen) atoms. The highest BCUT2D eigenvalue weighted by Gasteiger charge is 2.18. The molecule has 1 N–H and O–H groups in total. The summed E-state index contributed by atoms with van der Waals surface area (Å²) >= 11 is 5.85. The second-order valence-electron chi connectivity index (χ2n) is 5.68. The fourth-order valence-electron chi connectivity index (χ4n) is 2.26. The first kappa shape index (κ1) is 17.9. The molecule has 0 bridgehead atoms. The van der Waals surface area contributed by atoms with E-state index in [0.717, 1.165) is 6.42 Å². The number of carbonyl (C=O) groups excluding carboxylic acids is 1. The van der Waals surface area contributed by atoms with Crippen LogP contribution < -0.4 is 10.1 Å². The summed E-state index contributed by atoms with van der Waals surface area (Å²) in [7, 11) is 0. The van der Waals surface area contributed by atoms with Crippen molar-refractivity contribution in [2.75, 3.05) is 5.32 Å². The van der Waals surface area contributed by atoms with E-state index in [4.69, 9.17) is 20.9 Å². The van der Waals surface area contributed by atoms with Crippen LogP contribution in [-0.2, 0) is 11.2 Å². The van der Waals surface area contributed by atoms with Crippen molar-refractivity contribution in [2.24, 2.45) is 0 Å². The molecule has 0 spiro atoms. The van der Waals surface area contributed by atoms with E-state index >= 15 is 0 Å². The molecule has 2 aromatic carbocycles. The first-order valence-corrected chi connectivity index (χ1v) is 8.59. The molecule has 1 unspecified atom stereocenters. The van der Waals surface area contributed by atoms with Crippen LogP contribution in [0.25, 0.3) is 11.5 Å². The summed E-state index contributed by atoms with van der Waals surface area (Å²) in [4.78, 5) is 16.4. The van der Waals surface area contributed by atoms with Crippen molar-refractivity contribution in [3.63, 3.8) is 0 Å². The van der Waals surface area contributed by atoms with E-state index in [-0.39, 0.29) is 11.9 Å². The first-order valence-electron chi connectivity index (χ1n) is 8.21. The average Bonchev–Trinajstić information content (AvgIpc) is 3.11. The van der Waals surface area contributed by atoms with Gasteiger partial charge in [0.1, 0.15) is 5.75 Å². The largest absolute Gasteiger partial charge is 0.481 e. The number of aryl methyl sites for hydroxylation is 1. The van der Waals surface area contributed by atoms with Gasteiger partial charge in [0.2, 0.25) is 0 Å². The maximum absolute atomic E-state index is 12.3. The molecule has 0 aliphatic carbocycles. The summed E-state index contributed by atoms with van der Waals surface area (Å²) in [5, 5.41) is 6.95. The van der Waals surface area contributed by atoms with Crippen molar-refractivity contribution in [3.05, 3.63) is 59.1 Å². The molecule has 0 aliphatic heterocycles. The summed E-state index contributed by atoms with van der Waals surface area (Å²) in [6, 6.07) is 14.6. The molecular weight excluding hydrogens is 354 g/mol. The fraction of sp³-hybridized carbons (Fsp3) is 0.211. The third kappa shape index (κ3) is 4.40. The molecule has 0 radical (unpaired) electrons. The Kier molecular flexibility index (Phi) is 5.53. The normalized spacial score (nSPS) is 11.8. The van der Waals surface area contributed by atoms with Crippen LogP contribution in [0, 0.1) is 0 Å². The van der Waals surface area contributed by atoms with E-state index in [1.807, 2.05) is 24.3 Å². The Morgan fingerprint density at radius 3 is 2.54 bits per heavy atom. The monoisotopic (exact) mass is 371 g/mol. The number of nitrogens with one attached hydrogen (secondary N) is 1. The van der Waals surface area contributed by atoms with E-state index in [2.05, 4.69) is 22.4 Å². The maximum atomic E-state index is 12.3. The molecule has 1 amide bonds. The number of hydrogen-bond donors (Lipinski definition) is 1. The molecule has 0 fully saturated rings. The minimum Gasteiger partial charge on any atom is -0.481 e. The number of rotatable bonds is 6. The molecule has 1 atom stereocenters. The second-order valence-corrected chi connectivity index (χ2v) is 6.11. The van der Waals surface area contributed by atoms with Crippen LogP contribution >= 0.6 is 11.6 Å². The number of ether oxygens (including phenoxy) is 1. The smallest absolute Gasteiger partial charge is 0.270 e. The Morgan fingerprint density at radius 2 is 1.88 bits per heavy atom. The van der Waals surface area contributed by atoms with E-state index in [9.17, 15) is 4.79 Å². The zero-order valence-corrected chi connectivity index (χ0v) is 15.2. The van der Waals surface area contributed by atoms with Gasteiger partial charge in [0.15, 0.2) is 6.10 Å². The quantitative estimate of drug-likeness (QED) is 0.696. The van der Waals surface area contributed by atoms with E-state index < -0.39 is 6.10 Å². The second kappa shape index (κ2) is 8.01. The average molecular weight is 372 g/mol. The lowest BCUT2D eigenvalue weighted by atomic mass is 10.2. The van der Waals surface area contributed by atoms with Gasteiger partial charge in [-0.1, -0.05) is 30.7 Å². The number of aromatic nitrogens is 2. The molecule has 0 saturated heterocycles. The van der Waals surface area contributed by atoms with Crippen molar-refractivity contribution >= 4 is 23.5 Å². The van der Waals surface area contributed by atoms with Crippen LogP contribution in [0.15, 0.2) is 53.1 Å². The fourth-order valence-corrected chi connectivity index (χ4v) is 2.38. The Morgan fingerprint density at radius 1 is 1.19 bits per heavy atom. The van der Waals surface area contributed by atoms with E-state index in [1.54, 1.807) is 31.2 Å². The number of hydrogen-bond acceptors (Lipinski definition) is 5. The lowest BCUT2D eigenvalue weighted by Gasteiger charge is -2.13. The summed E-state index contributed by atoms with van der Waals surface area (Å²) < 4.78 is 10.8. The van der Waals surface area contributed by atoms with Gasteiger partial charge in [0.25, 0.3) is 17.7 Å². The third-order valence-corrected chi connectivity index (χ3v) is 4.02. The van der Waals surface area contributed by atoms with Gasteiger partial charge in [0, 0.05) is 10.6 Å². The Hall–Kier alpha value is -2.86. The van der Waals surface area contributed by atoms with Gasteiger partial charge in [-0.15, -0.1) is 0 Å².